The lowest BCUT2D eigenvalue weighted by molar-refractivity contribution is 0.632. The Kier molecular flexibility index (Phi) is 2.07. The van der Waals surface area contributed by atoms with E-state index in [4.69, 9.17) is 12.2 Å². The topological polar surface area (TPSA) is 37.8 Å². The lowest BCUT2D eigenvalue weighted by Crippen LogP contribution is -2.27. The van der Waals surface area contributed by atoms with Gasteiger partial charge in [-0.05, 0) is 37.9 Å². The SMILES string of the molecule is Cn1c(=S)[nH]c2c(c1=O)CCCC2. The Morgan fingerprint density at radius 2 is 2.08 bits per heavy atom. The zero-order valence-electron chi connectivity index (χ0n) is 7.59. The molecule has 1 N–H and O–H groups in total. The Balaban J connectivity index is 2.75. The van der Waals surface area contributed by atoms with Crippen molar-refractivity contribution in [3.8, 4) is 0 Å². The van der Waals surface area contributed by atoms with Crippen molar-refractivity contribution in [1.82, 2.24) is 9.55 Å². The van der Waals surface area contributed by atoms with E-state index in [1.165, 1.54) is 4.57 Å². The summed E-state index contributed by atoms with van der Waals surface area (Å²) >= 11 is 5.03. The molecule has 0 radical (unpaired) electrons. The van der Waals surface area contributed by atoms with Crippen molar-refractivity contribution in [2.75, 3.05) is 0 Å². The van der Waals surface area contributed by atoms with E-state index in [0.29, 0.717) is 4.77 Å². The Morgan fingerprint density at radius 1 is 1.38 bits per heavy atom. The number of nitrogens with one attached hydrogen (secondary N) is 1. The van der Waals surface area contributed by atoms with E-state index in [1.54, 1.807) is 7.05 Å². The third kappa shape index (κ3) is 1.35. The molecule has 0 saturated heterocycles. The molecule has 0 aliphatic heterocycles. The van der Waals surface area contributed by atoms with Crippen LogP contribution in [-0.4, -0.2) is 9.55 Å². The van der Waals surface area contributed by atoms with Gasteiger partial charge in [0.1, 0.15) is 0 Å². The molecule has 1 aromatic rings. The average molecular weight is 196 g/mol. The molecule has 3 nitrogen and oxygen atoms in total. The highest BCUT2D eigenvalue weighted by Crippen LogP contribution is 2.15. The number of hydrogen-bond acceptors (Lipinski definition) is 2. The van der Waals surface area contributed by atoms with Crippen LogP contribution in [-0.2, 0) is 19.9 Å². The minimum Gasteiger partial charge on any atom is -0.335 e. The highest BCUT2D eigenvalue weighted by molar-refractivity contribution is 7.71. The second kappa shape index (κ2) is 3.10. The standard InChI is InChI=1S/C9H12N2OS/c1-11-8(12)6-4-2-3-5-7(6)10-9(11)13/h2-5H2,1H3,(H,10,13). The highest BCUT2D eigenvalue weighted by Gasteiger charge is 2.14. The molecule has 0 spiro atoms. The highest BCUT2D eigenvalue weighted by atomic mass is 32.1. The predicted octanol–water partition coefficient (Wildman–Crippen LogP) is 1.32. The molecule has 13 heavy (non-hydrogen) atoms. The second-order valence-electron chi connectivity index (χ2n) is 3.46. The summed E-state index contributed by atoms with van der Waals surface area (Å²) in [5.74, 6) is 0. The van der Waals surface area contributed by atoms with Crippen LogP contribution < -0.4 is 5.56 Å². The minimum atomic E-state index is 0.0819. The number of hydrogen-bond donors (Lipinski definition) is 1. The molecule has 0 saturated carbocycles. The number of nitrogens with zero attached hydrogens (tertiary/aromatic N) is 1. The summed E-state index contributed by atoms with van der Waals surface area (Å²) in [6, 6.07) is 0. The molecule has 1 aliphatic rings. The lowest BCUT2D eigenvalue weighted by atomic mass is 9.97. The van der Waals surface area contributed by atoms with Crippen LogP contribution in [0.25, 0.3) is 0 Å². The number of aromatic amines is 1. The van der Waals surface area contributed by atoms with Gasteiger partial charge >= 0.3 is 0 Å². The van der Waals surface area contributed by atoms with Crippen molar-refractivity contribution in [2.45, 2.75) is 25.7 Å². The van der Waals surface area contributed by atoms with E-state index >= 15 is 0 Å². The van der Waals surface area contributed by atoms with Crippen LogP contribution in [0.15, 0.2) is 4.79 Å². The molecule has 0 fully saturated rings. The molecule has 1 aromatic heterocycles. The quantitative estimate of drug-likeness (QED) is 0.635. The van der Waals surface area contributed by atoms with Crippen LogP contribution in [0.2, 0.25) is 0 Å². The van der Waals surface area contributed by atoms with E-state index in [9.17, 15) is 4.79 Å². The summed E-state index contributed by atoms with van der Waals surface area (Å²) in [6.45, 7) is 0. The van der Waals surface area contributed by atoms with E-state index in [2.05, 4.69) is 4.98 Å². The zero-order chi connectivity index (χ0) is 9.42. The molecule has 0 aromatic carbocycles. The van der Waals surface area contributed by atoms with Crippen LogP contribution in [0.1, 0.15) is 24.1 Å². The molecule has 2 rings (SSSR count). The maximum absolute atomic E-state index is 11.7. The maximum atomic E-state index is 11.7. The average Bonchev–Trinajstić information content (AvgIpc) is 2.15. The van der Waals surface area contributed by atoms with Crippen molar-refractivity contribution in [1.29, 1.82) is 0 Å². The van der Waals surface area contributed by atoms with Gasteiger partial charge < -0.3 is 4.98 Å². The van der Waals surface area contributed by atoms with Gasteiger partial charge in [-0.2, -0.15) is 0 Å². The summed E-state index contributed by atoms with van der Waals surface area (Å²) in [7, 11) is 1.72. The fraction of sp³-hybridized carbons (Fsp3) is 0.556. The second-order valence-corrected chi connectivity index (χ2v) is 3.85. The summed E-state index contributed by atoms with van der Waals surface area (Å²) < 4.78 is 2.05. The molecule has 0 unspecified atom stereocenters. The largest absolute Gasteiger partial charge is 0.335 e. The lowest BCUT2D eigenvalue weighted by Gasteiger charge is -2.15. The van der Waals surface area contributed by atoms with Crippen molar-refractivity contribution in [3.63, 3.8) is 0 Å². The van der Waals surface area contributed by atoms with Gasteiger partial charge in [0.2, 0.25) is 0 Å². The maximum Gasteiger partial charge on any atom is 0.257 e. The summed E-state index contributed by atoms with van der Waals surface area (Å²) in [4.78, 5) is 14.8. The first-order valence-corrected chi connectivity index (χ1v) is 4.92. The van der Waals surface area contributed by atoms with Crippen LogP contribution in [0.5, 0.6) is 0 Å². The molecular formula is C9H12N2OS. The number of aromatic nitrogens is 2. The molecule has 0 amide bonds. The zero-order valence-corrected chi connectivity index (χ0v) is 8.41. The summed E-state index contributed by atoms with van der Waals surface area (Å²) in [6.07, 6.45) is 4.14. The van der Waals surface area contributed by atoms with Crippen molar-refractivity contribution in [2.24, 2.45) is 7.05 Å². The normalized spacial score (nSPS) is 15.5. The molecule has 4 heteroatoms. The third-order valence-corrected chi connectivity index (χ3v) is 2.97. The first-order valence-electron chi connectivity index (χ1n) is 4.51. The molecule has 0 atom stereocenters. The summed E-state index contributed by atoms with van der Waals surface area (Å²) in [5.41, 5.74) is 2.07. The number of fused-ring (bicyclic) bond motifs is 1. The van der Waals surface area contributed by atoms with E-state index in [0.717, 1.165) is 36.9 Å². The molecule has 1 aliphatic carbocycles. The first kappa shape index (κ1) is 8.69. The van der Waals surface area contributed by atoms with E-state index in [1.807, 2.05) is 0 Å². The predicted molar refractivity (Wildman–Crippen MR) is 53.5 cm³/mol. The Hall–Kier alpha value is -0.900. The number of rotatable bonds is 0. The monoisotopic (exact) mass is 196 g/mol. The van der Waals surface area contributed by atoms with E-state index in [-0.39, 0.29) is 5.56 Å². The van der Waals surface area contributed by atoms with Gasteiger partial charge in [0.15, 0.2) is 4.77 Å². The van der Waals surface area contributed by atoms with Crippen LogP contribution in [0.3, 0.4) is 0 Å². The van der Waals surface area contributed by atoms with Gasteiger partial charge in [0.05, 0.1) is 0 Å². The molecule has 70 valence electrons. The van der Waals surface area contributed by atoms with Crippen molar-refractivity contribution >= 4 is 12.2 Å². The van der Waals surface area contributed by atoms with E-state index < -0.39 is 0 Å². The molecular weight excluding hydrogens is 184 g/mol. The molecule has 0 bridgehead atoms. The van der Waals surface area contributed by atoms with Crippen LogP contribution in [0, 0.1) is 4.77 Å². The Labute approximate surface area is 81.4 Å². The summed E-state index contributed by atoms with van der Waals surface area (Å²) in [5, 5.41) is 0. The fourth-order valence-corrected chi connectivity index (χ4v) is 1.99. The van der Waals surface area contributed by atoms with Crippen LogP contribution >= 0.6 is 12.2 Å². The first-order chi connectivity index (χ1) is 6.20. The number of H-pyrrole nitrogens is 1. The van der Waals surface area contributed by atoms with Gasteiger partial charge in [-0.25, -0.2) is 0 Å². The van der Waals surface area contributed by atoms with Gasteiger partial charge in [0, 0.05) is 18.3 Å². The smallest absolute Gasteiger partial charge is 0.257 e. The minimum absolute atomic E-state index is 0.0819. The Morgan fingerprint density at radius 3 is 2.85 bits per heavy atom. The van der Waals surface area contributed by atoms with Gasteiger partial charge in [-0.15, -0.1) is 0 Å². The van der Waals surface area contributed by atoms with Crippen molar-refractivity contribution in [3.05, 3.63) is 26.4 Å². The van der Waals surface area contributed by atoms with Crippen LogP contribution in [0.4, 0.5) is 0 Å². The third-order valence-electron chi connectivity index (χ3n) is 2.59. The Bertz CT molecular complexity index is 444. The number of aryl methyl sites for hydroxylation is 1. The van der Waals surface area contributed by atoms with Gasteiger partial charge in [-0.3, -0.25) is 9.36 Å². The fourth-order valence-electron chi connectivity index (χ4n) is 1.79. The van der Waals surface area contributed by atoms with Gasteiger partial charge in [-0.1, -0.05) is 0 Å². The van der Waals surface area contributed by atoms with Gasteiger partial charge in [0.25, 0.3) is 5.56 Å². The van der Waals surface area contributed by atoms with Crippen molar-refractivity contribution < 1.29 is 0 Å². The molecule has 1 heterocycles.